The fourth-order valence-corrected chi connectivity index (χ4v) is 1.80. The maximum atomic E-state index is 9.33. The lowest BCUT2D eigenvalue weighted by molar-refractivity contribution is 0.0551. The molecule has 0 saturated carbocycles. The van der Waals surface area contributed by atoms with E-state index in [1.165, 1.54) is 12.8 Å². The summed E-state index contributed by atoms with van der Waals surface area (Å²) in [5.74, 6) is 1.96. The van der Waals surface area contributed by atoms with E-state index < -0.39 is 0 Å². The standard InChI is InChI=1S/C9H20O2S/c1-3-5-6-12-8-9(10)7-11-4-2/h9-10H,3-8H2,1-2H3. The van der Waals surface area contributed by atoms with Gasteiger partial charge < -0.3 is 9.84 Å². The number of hydrogen-bond donors (Lipinski definition) is 1. The van der Waals surface area contributed by atoms with Gasteiger partial charge in [0, 0.05) is 12.4 Å². The molecule has 0 aromatic rings. The minimum Gasteiger partial charge on any atom is -0.390 e. The largest absolute Gasteiger partial charge is 0.390 e. The van der Waals surface area contributed by atoms with Crippen molar-refractivity contribution in [1.82, 2.24) is 0 Å². The highest BCUT2D eigenvalue weighted by atomic mass is 32.2. The molecule has 74 valence electrons. The zero-order valence-electron chi connectivity index (χ0n) is 8.08. The third kappa shape index (κ3) is 8.37. The first-order valence-electron chi connectivity index (χ1n) is 4.64. The molecule has 0 aliphatic rings. The third-order valence-electron chi connectivity index (χ3n) is 1.47. The Hall–Kier alpha value is 0.270. The fourth-order valence-electron chi connectivity index (χ4n) is 0.768. The molecule has 0 aromatic carbocycles. The molecule has 0 amide bonds. The molecule has 1 N–H and O–H groups in total. The van der Waals surface area contributed by atoms with E-state index in [0.717, 1.165) is 11.5 Å². The van der Waals surface area contributed by atoms with Gasteiger partial charge in [-0.2, -0.15) is 11.8 Å². The van der Waals surface area contributed by atoms with Gasteiger partial charge in [-0.05, 0) is 19.1 Å². The Morgan fingerprint density at radius 2 is 2.17 bits per heavy atom. The third-order valence-corrected chi connectivity index (χ3v) is 2.66. The normalized spacial score (nSPS) is 13.2. The van der Waals surface area contributed by atoms with Gasteiger partial charge in [0.1, 0.15) is 0 Å². The van der Waals surface area contributed by atoms with E-state index in [0.29, 0.717) is 13.2 Å². The lowest BCUT2D eigenvalue weighted by Crippen LogP contribution is -2.18. The van der Waals surface area contributed by atoms with Crippen molar-refractivity contribution in [1.29, 1.82) is 0 Å². The summed E-state index contributed by atoms with van der Waals surface area (Å²) in [4.78, 5) is 0. The average Bonchev–Trinajstić information content (AvgIpc) is 2.09. The van der Waals surface area contributed by atoms with Gasteiger partial charge in [-0.15, -0.1) is 0 Å². The van der Waals surface area contributed by atoms with E-state index in [9.17, 15) is 5.11 Å². The summed E-state index contributed by atoms with van der Waals surface area (Å²) >= 11 is 1.81. The summed E-state index contributed by atoms with van der Waals surface area (Å²) in [6.45, 7) is 5.29. The average molecular weight is 192 g/mol. The molecule has 0 aliphatic carbocycles. The van der Waals surface area contributed by atoms with E-state index in [1.54, 1.807) is 11.8 Å². The van der Waals surface area contributed by atoms with Crippen LogP contribution in [0.3, 0.4) is 0 Å². The number of aliphatic hydroxyl groups excluding tert-OH is 1. The highest BCUT2D eigenvalue weighted by Gasteiger charge is 2.02. The van der Waals surface area contributed by atoms with Gasteiger partial charge in [-0.3, -0.25) is 0 Å². The van der Waals surface area contributed by atoms with Gasteiger partial charge in [0.2, 0.25) is 0 Å². The summed E-state index contributed by atoms with van der Waals surface area (Å²) in [6, 6.07) is 0. The minimum atomic E-state index is -0.285. The summed E-state index contributed by atoms with van der Waals surface area (Å²) in [5, 5.41) is 9.33. The van der Waals surface area contributed by atoms with Crippen LogP contribution in [0, 0.1) is 0 Å². The van der Waals surface area contributed by atoms with Crippen LogP contribution < -0.4 is 0 Å². The maximum Gasteiger partial charge on any atom is 0.0863 e. The zero-order valence-corrected chi connectivity index (χ0v) is 8.90. The predicted octanol–water partition coefficient (Wildman–Crippen LogP) is 1.92. The zero-order chi connectivity index (χ0) is 9.23. The molecule has 0 aromatic heterocycles. The van der Waals surface area contributed by atoms with Gasteiger partial charge in [-0.25, -0.2) is 0 Å². The first-order chi connectivity index (χ1) is 5.81. The second-order valence-electron chi connectivity index (χ2n) is 2.74. The number of unbranched alkanes of at least 4 members (excludes halogenated alkanes) is 1. The Kier molecular flexibility index (Phi) is 9.57. The summed E-state index contributed by atoms with van der Waals surface area (Å²) < 4.78 is 5.09. The van der Waals surface area contributed by atoms with Crippen LogP contribution in [-0.2, 0) is 4.74 Å². The van der Waals surface area contributed by atoms with Crippen molar-refractivity contribution in [2.75, 3.05) is 24.7 Å². The van der Waals surface area contributed by atoms with Crippen LogP contribution in [0.25, 0.3) is 0 Å². The molecule has 1 unspecified atom stereocenters. The van der Waals surface area contributed by atoms with Crippen molar-refractivity contribution < 1.29 is 9.84 Å². The summed E-state index contributed by atoms with van der Waals surface area (Å²) in [7, 11) is 0. The minimum absolute atomic E-state index is 0.285. The summed E-state index contributed by atoms with van der Waals surface area (Å²) in [5.41, 5.74) is 0. The fraction of sp³-hybridized carbons (Fsp3) is 1.00. The van der Waals surface area contributed by atoms with Crippen LogP contribution in [0.4, 0.5) is 0 Å². The highest BCUT2D eigenvalue weighted by molar-refractivity contribution is 7.99. The Morgan fingerprint density at radius 1 is 1.42 bits per heavy atom. The Labute approximate surface area is 79.7 Å². The highest BCUT2D eigenvalue weighted by Crippen LogP contribution is 2.06. The molecular formula is C9H20O2S. The van der Waals surface area contributed by atoms with Gasteiger partial charge in [0.15, 0.2) is 0 Å². The van der Waals surface area contributed by atoms with Crippen molar-refractivity contribution in [3.63, 3.8) is 0 Å². The molecule has 0 spiro atoms. The van der Waals surface area contributed by atoms with Gasteiger partial charge in [0.05, 0.1) is 12.7 Å². The van der Waals surface area contributed by atoms with Gasteiger partial charge >= 0.3 is 0 Å². The van der Waals surface area contributed by atoms with Crippen LogP contribution in [0.5, 0.6) is 0 Å². The van der Waals surface area contributed by atoms with E-state index in [1.807, 2.05) is 6.92 Å². The number of thioether (sulfide) groups is 1. The van der Waals surface area contributed by atoms with Crippen molar-refractivity contribution in [3.05, 3.63) is 0 Å². The predicted molar refractivity (Wildman–Crippen MR) is 54.7 cm³/mol. The second-order valence-corrected chi connectivity index (χ2v) is 3.89. The van der Waals surface area contributed by atoms with Gasteiger partial charge in [0.25, 0.3) is 0 Å². The van der Waals surface area contributed by atoms with Crippen LogP contribution in [0.15, 0.2) is 0 Å². The Bertz CT molecular complexity index is 88.6. The van der Waals surface area contributed by atoms with E-state index in [-0.39, 0.29) is 6.10 Å². The number of rotatable bonds is 8. The van der Waals surface area contributed by atoms with E-state index >= 15 is 0 Å². The molecule has 0 fully saturated rings. The lowest BCUT2D eigenvalue weighted by Gasteiger charge is -2.09. The van der Waals surface area contributed by atoms with Crippen molar-refractivity contribution >= 4 is 11.8 Å². The van der Waals surface area contributed by atoms with Gasteiger partial charge in [-0.1, -0.05) is 13.3 Å². The molecule has 0 bridgehead atoms. The Balaban J connectivity index is 3.02. The topological polar surface area (TPSA) is 29.5 Å². The molecular weight excluding hydrogens is 172 g/mol. The van der Waals surface area contributed by atoms with Crippen LogP contribution >= 0.6 is 11.8 Å². The molecule has 0 aliphatic heterocycles. The van der Waals surface area contributed by atoms with Crippen LogP contribution in [0.2, 0.25) is 0 Å². The van der Waals surface area contributed by atoms with Crippen LogP contribution in [-0.4, -0.2) is 35.9 Å². The molecule has 3 heteroatoms. The van der Waals surface area contributed by atoms with Crippen molar-refractivity contribution in [2.24, 2.45) is 0 Å². The maximum absolute atomic E-state index is 9.33. The smallest absolute Gasteiger partial charge is 0.0863 e. The molecule has 12 heavy (non-hydrogen) atoms. The second kappa shape index (κ2) is 9.36. The monoisotopic (exact) mass is 192 g/mol. The lowest BCUT2D eigenvalue weighted by atomic mass is 10.4. The van der Waals surface area contributed by atoms with E-state index in [2.05, 4.69) is 6.92 Å². The number of ether oxygens (including phenoxy) is 1. The first-order valence-corrected chi connectivity index (χ1v) is 5.80. The molecule has 0 saturated heterocycles. The Morgan fingerprint density at radius 3 is 2.75 bits per heavy atom. The van der Waals surface area contributed by atoms with Crippen LogP contribution in [0.1, 0.15) is 26.7 Å². The summed E-state index contributed by atoms with van der Waals surface area (Å²) in [6.07, 6.45) is 2.19. The van der Waals surface area contributed by atoms with Crippen molar-refractivity contribution in [3.8, 4) is 0 Å². The van der Waals surface area contributed by atoms with E-state index in [4.69, 9.17) is 4.74 Å². The number of aliphatic hydroxyl groups is 1. The molecule has 2 nitrogen and oxygen atoms in total. The first kappa shape index (κ1) is 12.3. The molecule has 0 heterocycles. The molecule has 1 atom stereocenters. The number of hydrogen-bond acceptors (Lipinski definition) is 3. The quantitative estimate of drug-likeness (QED) is 0.596. The molecule has 0 radical (unpaired) electrons. The molecule has 0 rings (SSSR count). The van der Waals surface area contributed by atoms with Crippen molar-refractivity contribution in [2.45, 2.75) is 32.8 Å². The SMILES string of the molecule is CCCCSCC(O)COCC.